The van der Waals surface area contributed by atoms with Crippen LogP contribution in [0.2, 0.25) is 0 Å². The Morgan fingerprint density at radius 2 is 1.78 bits per heavy atom. The Bertz CT molecular complexity index is 273. The van der Waals surface area contributed by atoms with E-state index in [0.29, 0.717) is 6.04 Å². The lowest BCUT2D eigenvalue weighted by molar-refractivity contribution is 0.114. The number of nitrogens with one attached hydrogen (secondary N) is 1. The van der Waals surface area contributed by atoms with Gasteiger partial charge < -0.3 is 5.32 Å². The second-order valence-electron chi connectivity index (χ2n) is 7.61. The largest absolute Gasteiger partial charge is 0.314 e. The molecule has 5 atom stereocenters. The molecule has 104 valence electrons. The minimum atomic E-state index is 0.660. The van der Waals surface area contributed by atoms with E-state index < -0.39 is 0 Å². The van der Waals surface area contributed by atoms with E-state index in [0.717, 1.165) is 29.6 Å². The molecule has 0 saturated heterocycles. The molecule has 3 aliphatic carbocycles. The summed E-state index contributed by atoms with van der Waals surface area (Å²) in [4.78, 5) is 0. The summed E-state index contributed by atoms with van der Waals surface area (Å²) in [7, 11) is 0. The van der Waals surface area contributed by atoms with Gasteiger partial charge in [0.2, 0.25) is 0 Å². The van der Waals surface area contributed by atoms with Crippen LogP contribution < -0.4 is 5.32 Å². The van der Waals surface area contributed by atoms with Crippen LogP contribution in [0.5, 0.6) is 0 Å². The molecule has 0 amide bonds. The minimum absolute atomic E-state index is 0.660. The lowest BCUT2D eigenvalue weighted by Gasteiger charge is -2.39. The molecule has 0 aromatic rings. The lowest BCUT2D eigenvalue weighted by Crippen LogP contribution is -2.38. The van der Waals surface area contributed by atoms with Crippen molar-refractivity contribution >= 4 is 0 Å². The van der Waals surface area contributed by atoms with Crippen LogP contribution in [-0.4, -0.2) is 12.6 Å². The van der Waals surface area contributed by atoms with Crippen LogP contribution >= 0.6 is 0 Å². The minimum Gasteiger partial charge on any atom is -0.314 e. The molecular formula is C17H31N. The van der Waals surface area contributed by atoms with E-state index in [2.05, 4.69) is 19.2 Å². The molecule has 3 rings (SSSR count). The maximum atomic E-state index is 3.71. The molecular weight excluding hydrogens is 218 g/mol. The molecule has 0 aromatic heterocycles. The van der Waals surface area contributed by atoms with Gasteiger partial charge in [-0.2, -0.15) is 0 Å². The van der Waals surface area contributed by atoms with Crippen LogP contribution in [-0.2, 0) is 0 Å². The fraction of sp³-hybridized carbons (Fsp3) is 1.00. The second-order valence-corrected chi connectivity index (χ2v) is 7.61. The normalized spacial score (nSPS) is 43.8. The summed E-state index contributed by atoms with van der Waals surface area (Å²) in [6.45, 7) is 5.86. The zero-order valence-electron chi connectivity index (χ0n) is 12.3. The number of rotatable bonds is 4. The van der Waals surface area contributed by atoms with Crippen LogP contribution in [0.4, 0.5) is 0 Å². The quantitative estimate of drug-likeness (QED) is 0.786. The number of hydrogen-bond donors (Lipinski definition) is 1. The van der Waals surface area contributed by atoms with Gasteiger partial charge in [0.15, 0.2) is 0 Å². The van der Waals surface area contributed by atoms with Crippen molar-refractivity contribution in [2.24, 2.45) is 29.6 Å². The Morgan fingerprint density at radius 1 is 0.944 bits per heavy atom. The second kappa shape index (κ2) is 5.53. The maximum absolute atomic E-state index is 3.71. The third-order valence-corrected chi connectivity index (χ3v) is 6.10. The van der Waals surface area contributed by atoms with Crippen LogP contribution in [0.1, 0.15) is 65.2 Å². The Kier molecular flexibility index (Phi) is 3.98. The highest BCUT2D eigenvalue weighted by molar-refractivity contribution is 4.95. The molecule has 0 radical (unpaired) electrons. The van der Waals surface area contributed by atoms with Crippen molar-refractivity contribution in [1.29, 1.82) is 0 Å². The summed E-state index contributed by atoms with van der Waals surface area (Å²) in [6.07, 6.45) is 12.3. The highest BCUT2D eigenvalue weighted by Crippen LogP contribution is 2.54. The average molecular weight is 249 g/mol. The first kappa shape index (κ1) is 13.0. The summed E-state index contributed by atoms with van der Waals surface area (Å²) in [5.41, 5.74) is 0. The third kappa shape index (κ3) is 2.61. The summed E-state index contributed by atoms with van der Waals surface area (Å²) in [6, 6.07) is 0.660. The van der Waals surface area contributed by atoms with Gasteiger partial charge in [-0.25, -0.2) is 0 Å². The first-order chi connectivity index (χ1) is 8.74. The zero-order chi connectivity index (χ0) is 12.5. The molecule has 2 bridgehead atoms. The standard InChI is InChI=1S/C17H31N/c1-12(2)18-11-15-5-3-4-6-16(15)17-10-13-7-8-14(17)9-13/h12-18H,3-11H2,1-2H3. The average Bonchev–Trinajstić information content (AvgIpc) is 2.99. The molecule has 0 spiro atoms. The van der Waals surface area contributed by atoms with Gasteiger partial charge in [0, 0.05) is 6.04 Å². The van der Waals surface area contributed by atoms with Crippen LogP contribution in [0, 0.1) is 29.6 Å². The van der Waals surface area contributed by atoms with Gasteiger partial charge >= 0.3 is 0 Å². The maximum Gasteiger partial charge on any atom is 0.00104 e. The molecule has 3 saturated carbocycles. The van der Waals surface area contributed by atoms with Crippen molar-refractivity contribution in [3.05, 3.63) is 0 Å². The Labute approximate surface area is 113 Å². The van der Waals surface area contributed by atoms with Crippen molar-refractivity contribution in [2.75, 3.05) is 6.54 Å². The highest BCUT2D eigenvalue weighted by Gasteiger charge is 2.45. The van der Waals surface area contributed by atoms with E-state index in [-0.39, 0.29) is 0 Å². The monoisotopic (exact) mass is 249 g/mol. The van der Waals surface area contributed by atoms with Gasteiger partial charge in [-0.15, -0.1) is 0 Å². The SMILES string of the molecule is CC(C)NCC1CCCCC1C1CC2CCC1C2. The molecule has 1 nitrogen and oxygen atoms in total. The molecule has 3 fully saturated rings. The van der Waals surface area contributed by atoms with Crippen molar-refractivity contribution in [2.45, 2.75) is 71.3 Å². The van der Waals surface area contributed by atoms with Crippen molar-refractivity contribution < 1.29 is 0 Å². The first-order valence-electron chi connectivity index (χ1n) is 8.47. The van der Waals surface area contributed by atoms with E-state index in [1.165, 1.54) is 25.8 Å². The van der Waals surface area contributed by atoms with Crippen LogP contribution in [0.3, 0.4) is 0 Å². The summed E-state index contributed by atoms with van der Waals surface area (Å²) < 4.78 is 0. The molecule has 5 unspecified atom stereocenters. The smallest absolute Gasteiger partial charge is 0.00104 e. The van der Waals surface area contributed by atoms with Crippen LogP contribution in [0.25, 0.3) is 0 Å². The lowest BCUT2D eigenvalue weighted by atomic mass is 9.67. The van der Waals surface area contributed by atoms with Gasteiger partial charge in [0.25, 0.3) is 0 Å². The van der Waals surface area contributed by atoms with E-state index >= 15 is 0 Å². The predicted octanol–water partition coefficient (Wildman–Crippen LogP) is 4.23. The molecule has 0 heterocycles. The number of hydrogen-bond acceptors (Lipinski definition) is 1. The molecule has 1 heteroatoms. The fourth-order valence-corrected chi connectivity index (χ4v) is 5.26. The third-order valence-electron chi connectivity index (χ3n) is 6.10. The molecule has 3 aliphatic rings. The van der Waals surface area contributed by atoms with E-state index in [1.54, 1.807) is 32.1 Å². The van der Waals surface area contributed by atoms with Gasteiger partial charge in [-0.1, -0.05) is 33.1 Å². The van der Waals surface area contributed by atoms with Crippen molar-refractivity contribution in [3.8, 4) is 0 Å². The van der Waals surface area contributed by atoms with Crippen molar-refractivity contribution in [3.63, 3.8) is 0 Å². The summed E-state index contributed by atoms with van der Waals surface area (Å²) in [5, 5.41) is 3.71. The van der Waals surface area contributed by atoms with Gasteiger partial charge in [0.1, 0.15) is 0 Å². The predicted molar refractivity (Wildman–Crippen MR) is 77.5 cm³/mol. The zero-order valence-corrected chi connectivity index (χ0v) is 12.3. The Balaban J connectivity index is 1.61. The van der Waals surface area contributed by atoms with Crippen molar-refractivity contribution in [1.82, 2.24) is 5.32 Å². The summed E-state index contributed by atoms with van der Waals surface area (Å²) in [5.74, 6) is 5.43. The first-order valence-corrected chi connectivity index (χ1v) is 8.47. The molecule has 18 heavy (non-hydrogen) atoms. The molecule has 1 N–H and O–H groups in total. The summed E-state index contributed by atoms with van der Waals surface area (Å²) >= 11 is 0. The molecule has 0 aromatic carbocycles. The van der Waals surface area contributed by atoms with Gasteiger partial charge in [0.05, 0.1) is 0 Å². The van der Waals surface area contributed by atoms with Gasteiger partial charge in [-0.05, 0) is 68.2 Å². The van der Waals surface area contributed by atoms with E-state index in [1.807, 2.05) is 0 Å². The fourth-order valence-electron chi connectivity index (χ4n) is 5.26. The molecule has 0 aliphatic heterocycles. The highest BCUT2D eigenvalue weighted by atomic mass is 14.9. The topological polar surface area (TPSA) is 12.0 Å². The number of fused-ring (bicyclic) bond motifs is 2. The van der Waals surface area contributed by atoms with E-state index in [9.17, 15) is 0 Å². The van der Waals surface area contributed by atoms with Gasteiger partial charge in [-0.3, -0.25) is 0 Å². The Hall–Kier alpha value is -0.0400. The van der Waals surface area contributed by atoms with Crippen LogP contribution in [0.15, 0.2) is 0 Å². The van der Waals surface area contributed by atoms with E-state index in [4.69, 9.17) is 0 Å². The Morgan fingerprint density at radius 3 is 2.44 bits per heavy atom.